The summed E-state index contributed by atoms with van der Waals surface area (Å²) in [6, 6.07) is 0. The van der Waals surface area contributed by atoms with Crippen molar-refractivity contribution in [2.75, 3.05) is 13.1 Å². The molecule has 0 spiro atoms. The molecule has 1 aliphatic rings. The number of terminal acetylenes is 1. The molecule has 0 aromatic rings. The molecule has 0 atom stereocenters. The van der Waals surface area contributed by atoms with E-state index >= 15 is 0 Å². The number of hydrogen-bond acceptors (Lipinski definition) is 2. The molecule has 0 radical (unpaired) electrons. The Kier molecular flexibility index (Phi) is 5.88. The predicted molar refractivity (Wildman–Crippen MR) is 73.5 cm³/mol. The average molecular weight is 265 g/mol. The van der Waals surface area contributed by atoms with Gasteiger partial charge in [-0.25, -0.2) is 0 Å². The third-order valence-electron chi connectivity index (χ3n) is 3.85. The fourth-order valence-electron chi connectivity index (χ4n) is 2.97. The van der Waals surface area contributed by atoms with Crippen LogP contribution in [-0.4, -0.2) is 35.0 Å². The van der Waals surface area contributed by atoms with Crippen molar-refractivity contribution in [3.63, 3.8) is 0 Å². The van der Waals surface area contributed by atoms with Crippen LogP contribution >= 0.6 is 0 Å². The third-order valence-corrected chi connectivity index (χ3v) is 3.85. The molecule has 0 unspecified atom stereocenters. The number of amides is 1. The van der Waals surface area contributed by atoms with Crippen LogP contribution in [0.5, 0.6) is 0 Å². The highest BCUT2D eigenvalue weighted by atomic mass is 16.4. The standard InChI is InChI=1S/C15H23NO3/c1-3-9-16(10-4-2)13(17)11-15(12-14(18)19)7-5-6-8-15/h1H,4-12H2,2H3,(H,18,19). The van der Waals surface area contributed by atoms with E-state index in [1.54, 1.807) is 4.90 Å². The third kappa shape index (κ3) is 4.59. The van der Waals surface area contributed by atoms with E-state index in [4.69, 9.17) is 11.5 Å². The van der Waals surface area contributed by atoms with E-state index in [1.807, 2.05) is 6.92 Å². The summed E-state index contributed by atoms with van der Waals surface area (Å²) < 4.78 is 0. The molecule has 4 nitrogen and oxygen atoms in total. The van der Waals surface area contributed by atoms with Crippen LogP contribution in [0.4, 0.5) is 0 Å². The van der Waals surface area contributed by atoms with Gasteiger partial charge in [0, 0.05) is 13.0 Å². The molecule has 1 N–H and O–H groups in total. The lowest BCUT2D eigenvalue weighted by molar-refractivity contribution is -0.141. The summed E-state index contributed by atoms with van der Waals surface area (Å²) in [7, 11) is 0. The Hall–Kier alpha value is -1.50. The Bertz CT molecular complexity index is 364. The Labute approximate surface area is 115 Å². The van der Waals surface area contributed by atoms with E-state index in [-0.39, 0.29) is 17.7 Å². The van der Waals surface area contributed by atoms with E-state index < -0.39 is 5.97 Å². The smallest absolute Gasteiger partial charge is 0.303 e. The fraction of sp³-hybridized carbons (Fsp3) is 0.733. The molecule has 106 valence electrons. The molecule has 0 aliphatic heterocycles. The maximum Gasteiger partial charge on any atom is 0.303 e. The first-order valence-corrected chi connectivity index (χ1v) is 6.96. The van der Waals surface area contributed by atoms with Gasteiger partial charge in [-0.05, 0) is 24.7 Å². The Morgan fingerprint density at radius 2 is 1.95 bits per heavy atom. The first-order chi connectivity index (χ1) is 9.03. The van der Waals surface area contributed by atoms with Crippen molar-refractivity contribution in [2.24, 2.45) is 5.41 Å². The highest BCUT2D eigenvalue weighted by Gasteiger charge is 2.38. The Morgan fingerprint density at radius 1 is 1.32 bits per heavy atom. The van der Waals surface area contributed by atoms with Gasteiger partial charge in [0.15, 0.2) is 0 Å². The minimum Gasteiger partial charge on any atom is -0.481 e. The van der Waals surface area contributed by atoms with E-state index in [2.05, 4.69) is 5.92 Å². The molecule has 19 heavy (non-hydrogen) atoms. The maximum absolute atomic E-state index is 12.3. The summed E-state index contributed by atoms with van der Waals surface area (Å²) in [5.74, 6) is 1.69. The normalized spacial score (nSPS) is 16.8. The summed E-state index contributed by atoms with van der Waals surface area (Å²) in [6.45, 7) is 2.96. The molecule has 1 amide bonds. The predicted octanol–water partition coefficient (Wildman–Crippen LogP) is 2.28. The second-order valence-electron chi connectivity index (χ2n) is 5.47. The van der Waals surface area contributed by atoms with Crippen molar-refractivity contribution in [1.29, 1.82) is 0 Å². The van der Waals surface area contributed by atoms with Crippen molar-refractivity contribution in [3.8, 4) is 12.3 Å². The summed E-state index contributed by atoms with van der Waals surface area (Å²) in [4.78, 5) is 25.0. The van der Waals surface area contributed by atoms with Crippen LogP contribution in [0.3, 0.4) is 0 Å². The van der Waals surface area contributed by atoms with Gasteiger partial charge in [-0.15, -0.1) is 6.42 Å². The molecule has 1 fully saturated rings. The topological polar surface area (TPSA) is 57.6 Å². The fourth-order valence-corrected chi connectivity index (χ4v) is 2.97. The van der Waals surface area contributed by atoms with Crippen LogP contribution in [0.25, 0.3) is 0 Å². The molecule has 1 saturated carbocycles. The first-order valence-electron chi connectivity index (χ1n) is 6.96. The first kappa shape index (κ1) is 15.6. The lowest BCUT2D eigenvalue weighted by Gasteiger charge is -2.29. The average Bonchev–Trinajstić information content (AvgIpc) is 2.76. The lowest BCUT2D eigenvalue weighted by Crippen LogP contribution is -2.36. The molecular weight excluding hydrogens is 242 g/mol. The Balaban J connectivity index is 2.70. The van der Waals surface area contributed by atoms with Gasteiger partial charge < -0.3 is 10.0 Å². The molecule has 1 aliphatic carbocycles. The van der Waals surface area contributed by atoms with Crippen molar-refractivity contribution < 1.29 is 14.7 Å². The van der Waals surface area contributed by atoms with E-state index in [9.17, 15) is 9.59 Å². The number of carboxylic acid groups (broad SMARTS) is 1. The number of aliphatic carboxylic acids is 1. The zero-order chi connectivity index (χ0) is 14.3. The van der Waals surface area contributed by atoms with Crippen molar-refractivity contribution >= 4 is 11.9 Å². The van der Waals surface area contributed by atoms with Crippen molar-refractivity contribution in [1.82, 2.24) is 4.90 Å². The number of carboxylic acids is 1. The Morgan fingerprint density at radius 3 is 2.42 bits per heavy atom. The van der Waals surface area contributed by atoms with Crippen LogP contribution in [0.15, 0.2) is 0 Å². The largest absolute Gasteiger partial charge is 0.481 e. The van der Waals surface area contributed by atoms with Crippen molar-refractivity contribution in [3.05, 3.63) is 0 Å². The number of carbonyl (C=O) groups is 2. The molecule has 0 saturated heterocycles. The second kappa shape index (κ2) is 7.18. The number of carbonyl (C=O) groups excluding carboxylic acids is 1. The van der Waals surface area contributed by atoms with Crippen LogP contribution in [0.2, 0.25) is 0 Å². The van der Waals surface area contributed by atoms with Gasteiger partial charge in [-0.1, -0.05) is 25.7 Å². The minimum absolute atomic E-state index is 0.00273. The highest BCUT2D eigenvalue weighted by molar-refractivity contribution is 5.78. The van der Waals surface area contributed by atoms with Gasteiger partial charge in [0.2, 0.25) is 5.91 Å². The summed E-state index contributed by atoms with van der Waals surface area (Å²) in [5.41, 5.74) is -0.344. The summed E-state index contributed by atoms with van der Waals surface area (Å²) >= 11 is 0. The second-order valence-corrected chi connectivity index (χ2v) is 5.47. The zero-order valence-electron chi connectivity index (χ0n) is 11.7. The molecule has 0 bridgehead atoms. The molecule has 0 heterocycles. The van der Waals surface area contributed by atoms with Gasteiger partial charge in [0.05, 0.1) is 13.0 Å². The summed E-state index contributed by atoms with van der Waals surface area (Å²) in [6.07, 6.45) is 10.3. The van der Waals surface area contributed by atoms with Gasteiger partial charge in [0.25, 0.3) is 0 Å². The number of nitrogens with zero attached hydrogens (tertiary/aromatic N) is 1. The molecule has 0 aromatic heterocycles. The van der Waals surface area contributed by atoms with Crippen LogP contribution < -0.4 is 0 Å². The minimum atomic E-state index is -0.811. The number of hydrogen-bond donors (Lipinski definition) is 1. The highest BCUT2D eigenvalue weighted by Crippen LogP contribution is 2.44. The lowest BCUT2D eigenvalue weighted by atomic mass is 9.79. The monoisotopic (exact) mass is 265 g/mol. The number of rotatable bonds is 7. The maximum atomic E-state index is 12.3. The van der Waals surface area contributed by atoms with Crippen LogP contribution in [-0.2, 0) is 9.59 Å². The quantitative estimate of drug-likeness (QED) is 0.718. The van der Waals surface area contributed by atoms with E-state index in [0.29, 0.717) is 19.5 Å². The van der Waals surface area contributed by atoms with Gasteiger partial charge in [-0.2, -0.15) is 0 Å². The van der Waals surface area contributed by atoms with Gasteiger partial charge >= 0.3 is 5.97 Å². The van der Waals surface area contributed by atoms with Gasteiger partial charge in [-0.3, -0.25) is 9.59 Å². The summed E-state index contributed by atoms with van der Waals surface area (Å²) in [5, 5.41) is 9.04. The van der Waals surface area contributed by atoms with E-state index in [1.165, 1.54) is 0 Å². The van der Waals surface area contributed by atoms with Crippen molar-refractivity contribution in [2.45, 2.75) is 51.9 Å². The SMILES string of the molecule is C#CCN(CCC)C(=O)CC1(CC(=O)O)CCCC1. The molecule has 4 heteroatoms. The molecule has 1 rings (SSSR count). The molecule has 0 aromatic carbocycles. The van der Waals surface area contributed by atoms with E-state index in [0.717, 1.165) is 32.1 Å². The van der Waals surface area contributed by atoms with Crippen LogP contribution in [0.1, 0.15) is 51.9 Å². The zero-order valence-corrected chi connectivity index (χ0v) is 11.7. The van der Waals surface area contributed by atoms with Crippen LogP contribution in [0, 0.1) is 17.8 Å². The van der Waals surface area contributed by atoms with Gasteiger partial charge in [0.1, 0.15) is 0 Å². The molecular formula is C15H23NO3.